The first-order valence-electron chi connectivity index (χ1n) is 6.49. The average Bonchev–Trinajstić information content (AvgIpc) is 2.92. The van der Waals surface area contributed by atoms with Crippen LogP contribution < -0.4 is 5.73 Å². The van der Waals surface area contributed by atoms with Crippen molar-refractivity contribution in [2.24, 2.45) is 5.73 Å². The van der Waals surface area contributed by atoms with Gasteiger partial charge in [0.2, 0.25) is 0 Å². The van der Waals surface area contributed by atoms with Gasteiger partial charge in [0, 0.05) is 25.0 Å². The predicted molar refractivity (Wildman–Crippen MR) is 80.1 cm³/mol. The van der Waals surface area contributed by atoms with Crippen molar-refractivity contribution in [1.82, 2.24) is 9.27 Å². The zero-order valence-corrected chi connectivity index (χ0v) is 13.7. The van der Waals surface area contributed by atoms with Crippen LogP contribution in [0.3, 0.4) is 0 Å². The summed E-state index contributed by atoms with van der Waals surface area (Å²) in [5.41, 5.74) is 4.47. The van der Waals surface area contributed by atoms with Gasteiger partial charge in [-0.2, -0.15) is 9.64 Å². The molecule has 1 saturated heterocycles. The predicted octanol–water partition coefficient (Wildman–Crippen LogP) is 2.46. The highest BCUT2D eigenvalue weighted by atomic mass is 35.5. The minimum Gasteiger partial charge on any atom is -0.436 e. The summed E-state index contributed by atoms with van der Waals surface area (Å²) in [6.07, 6.45) is -0.306. The Balaban J connectivity index is 2.45. The Morgan fingerprint density at radius 1 is 1.62 bits per heavy atom. The van der Waals surface area contributed by atoms with Crippen molar-refractivity contribution in [3.8, 4) is 6.07 Å². The number of nitrogens with zero attached hydrogens (tertiary/aromatic N) is 3. The van der Waals surface area contributed by atoms with Crippen molar-refractivity contribution in [2.75, 3.05) is 13.1 Å². The van der Waals surface area contributed by atoms with Crippen molar-refractivity contribution in [3.05, 3.63) is 15.6 Å². The largest absolute Gasteiger partial charge is 0.436 e. The minimum absolute atomic E-state index is 0.0793. The van der Waals surface area contributed by atoms with Crippen LogP contribution in [-0.2, 0) is 10.3 Å². The number of ether oxygens (including phenoxy) is 1. The monoisotopic (exact) mass is 328 g/mol. The smallest absolute Gasteiger partial charge is 0.405 e. The number of nitriles is 1. The highest BCUT2D eigenvalue weighted by Gasteiger charge is 2.48. The lowest BCUT2D eigenvalue weighted by atomic mass is 9.97. The number of halogens is 1. The Morgan fingerprint density at radius 2 is 2.29 bits per heavy atom. The van der Waals surface area contributed by atoms with Crippen molar-refractivity contribution < 1.29 is 9.53 Å². The van der Waals surface area contributed by atoms with Gasteiger partial charge in [0.05, 0.1) is 4.88 Å². The van der Waals surface area contributed by atoms with Crippen LogP contribution in [0.1, 0.15) is 37.6 Å². The minimum atomic E-state index is -0.949. The third kappa shape index (κ3) is 2.98. The van der Waals surface area contributed by atoms with E-state index in [1.807, 2.05) is 6.07 Å². The topological polar surface area (TPSA) is 92.2 Å². The van der Waals surface area contributed by atoms with Gasteiger partial charge in [0.15, 0.2) is 10.8 Å². The molecule has 0 aromatic carbocycles. The molecular weight excluding hydrogens is 312 g/mol. The fraction of sp³-hybridized carbons (Fsp3) is 0.615. The summed E-state index contributed by atoms with van der Waals surface area (Å²) in [7, 11) is 0. The lowest BCUT2D eigenvalue weighted by Gasteiger charge is -2.34. The van der Waals surface area contributed by atoms with Crippen molar-refractivity contribution >= 4 is 29.2 Å². The van der Waals surface area contributed by atoms with Gasteiger partial charge < -0.3 is 10.5 Å². The molecule has 6 nitrogen and oxygen atoms in total. The number of hydrogen-bond acceptors (Lipinski definition) is 6. The van der Waals surface area contributed by atoms with E-state index in [0.29, 0.717) is 17.8 Å². The van der Waals surface area contributed by atoms with Gasteiger partial charge in [-0.1, -0.05) is 11.6 Å². The maximum Gasteiger partial charge on any atom is 0.405 e. The van der Waals surface area contributed by atoms with Gasteiger partial charge in [-0.05, 0) is 32.3 Å². The van der Waals surface area contributed by atoms with Crippen LogP contribution in [0.5, 0.6) is 0 Å². The summed E-state index contributed by atoms with van der Waals surface area (Å²) in [6.45, 7) is 7.44. The van der Waals surface area contributed by atoms with Crippen molar-refractivity contribution in [1.29, 1.82) is 5.26 Å². The molecule has 1 amide bonds. The highest BCUT2D eigenvalue weighted by molar-refractivity contribution is 7.06. The molecule has 114 valence electrons. The molecule has 21 heavy (non-hydrogen) atoms. The van der Waals surface area contributed by atoms with Crippen LogP contribution in [0, 0.1) is 11.3 Å². The first kappa shape index (κ1) is 16.0. The highest BCUT2D eigenvalue weighted by Crippen LogP contribution is 2.43. The lowest BCUT2D eigenvalue weighted by molar-refractivity contribution is 0.0141. The van der Waals surface area contributed by atoms with Gasteiger partial charge in [0.25, 0.3) is 0 Å². The fourth-order valence-electron chi connectivity index (χ4n) is 2.54. The lowest BCUT2D eigenvalue weighted by Crippen LogP contribution is -2.44. The van der Waals surface area contributed by atoms with E-state index in [9.17, 15) is 10.1 Å². The molecule has 0 bridgehead atoms. The molecule has 1 atom stereocenters. The molecular formula is C13H17ClN4O2S. The molecule has 1 aromatic heterocycles. The number of hydrogen-bond donors (Lipinski definition) is 1. The Morgan fingerprint density at radius 3 is 2.76 bits per heavy atom. The summed E-state index contributed by atoms with van der Waals surface area (Å²) in [4.78, 5) is 14.1. The zero-order valence-electron chi connectivity index (χ0n) is 12.1. The SMILES string of the molecule is CC(C)(C)N1CC[C@@](OC(N)=O)(c2snc(Cl)c2C#N)C1. The molecule has 0 radical (unpaired) electrons. The maximum atomic E-state index is 11.3. The summed E-state index contributed by atoms with van der Waals surface area (Å²) >= 11 is 7.03. The summed E-state index contributed by atoms with van der Waals surface area (Å²) in [6, 6.07) is 2.04. The molecule has 0 unspecified atom stereocenters. The quantitative estimate of drug-likeness (QED) is 0.900. The Hall–Kier alpha value is -1.36. The Kier molecular flexibility index (Phi) is 4.15. The molecule has 1 aliphatic heterocycles. The zero-order chi connectivity index (χ0) is 15.8. The molecule has 1 fully saturated rings. The van der Waals surface area contributed by atoms with E-state index < -0.39 is 11.7 Å². The van der Waals surface area contributed by atoms with Gasteiger partial charge in [-0.15, -0.1) is 0 Å². The molecule has 1 aliphatic rings. The molecule has 2 N–H and O–H groups in total. The number of primary amides is 1. The second-order valence-electron chi connectivity index (χ2n) is 6.05. The van der Waals surface area contributed by atoms with Gasteiger partial charge in [-0.25, -0.2) is 4.79 Å². The van der Waals surface area contributed by atoms with E-state index in [1.165, 1.54) is 0 Å². The van der Waals surface area contributed by atoms with Crippen molar-refractivity contribution in [3.63, 3.8) is 0 Å². The number of nitrogens with two attached hydrogens (primary N) is 1. The number of carbonyl (C=O) groups excluding carboxylic acids is 1. The molecule has 1 aromatic rings. The van der Waals surface area contributed by atoms with E-state index >= 15 is 0 Å². The standard InChI is InChI=1S/C13H17ClN4O2S/c1-12(2,3)18-5-4-13(7-18,20-11(16)19)9-8(6-15)10(14)17-21-9/h4-5,7H2,1-3H3,(H2,16,19)/t13-/m0/s1. The average molecular weight is 329 g/mol. The summed E-state index contributed by atoms with van der Waals surface area (Å²) in [5, 5.41) is 9.41. The summed E-state index contributed by atoms with van der Waals surface area (Å²) < 4.78 is 9.43. The van der Waals surface area contributed by atoms with Crippen LogP contribution in [0.25, 0.3) is 0 Å². The third-order valence-corrected chi connectivity index (χ3v) is 5.06. The number of carbonyl (C=O) groups is 1. The molecule has 8 heteroatoms. The maximum absolute atomic E-state index is 11.3. The molecule has 2 rings (SSSR count). The van der Waals surface area contributed by atoms with E-state index in [2.05, 4.69) is 30.0 Å². The van der Waals surface area contributed by atoms with Crippen LogP contribution in [-0.4, -0.2) is 34.0 Å². The van der Waals surface area contributed by atoms with Gasteiger partial charge in [-0.3, -0.25) is 4.90 Å². The van der Waals surface area contributed by atoms with Crippen LogP contribution in [0.4, 0.5) is 4.79 Å². The second kappa shape index (κ2) is 5.44. The molecule has 2 heterocycles. The van der Waals surface area contributed by atoms with E-state index in [1.54, 1.807) is 0 Å². The molecule has 0 saturated carbocycles. The normalized spacial score (nSPS) is 23.0. The number of likely N-dealkylation sites (tertiary alicyclic amines) is 1. The van der Waals surface area contributed by atoms with Crippen LogP contribution >= 0.6 is 23.1 Å². The number of aromatic nitrogens is 1. The molecule has 0 spiro atoms. The fourth-order valence-corrected chi connectivity index (χ4v) is 3.71. The van der Waals surface area contributed by atoms with Gasteiger partial charge >= 0.3 is 6.09 Å². The Labute approximate surface area is 132 Å². The van der Waals surface area contributed by atoms with Crippen LogP contribution in [0.2, 0.25) is 5.15 Å². The first-order chi connectivity index (χ1) is 9.69. The number of amides is 1. The second-order valence-corrected chi connectivity index (χ2v) is 7.18. The van der Waals surface area contributed by atoms with Gasteiger partial charge in [0.1, 0.15) is 11.6 Å². The third-order valence-electron chi connectivity index (χ3n) is 3.65. The number of rotatable bonds is 2. The molecule has 0 aliphatic carbocycles. The van der Waals surface area contributed by atoms with E-state index in [4.69, 9.17) is 22.1 Å². The first-order valence-corrected chi connectivity index (χ1v) is 7.64. The van der Waals surface area contributed by atoms with E-state index in [-0.39, 0.29) is 16.3 Å². The summed E-state index contributed by atoms with van der Waals surface area (Å²) in [5.74, 6) is 0. The van der Waals surface area contributed by atoms with Crippen LogP contribution in [0.15, 0.2) is 0 Å². The Bertz CT molecular complexity index is 604. The van der Waals surface area contributed by atoms with E-state index in [0.717, 1.165) is 18.1 Å². The van der Waals surface area contributed by atoms with Crippen molar-refractivity contribution in [2.45, 2.75) is 38.3 Å².